The highest BCUT2D eigenvalue weighted by Gasteiger charge is 2.06. The Morgan fingerprint density at radius 3 is 2.57 bits per heavy atom. The quantitative estimate of drug-likeness (QED) is 0.726. The fourth-order valence-corrected chi connectivity index (χ4v) is 1.21. The molecular weight excluding hydrogens is 202 g/mol. The molecular formula is C9H6ClN3O. The molecule has 0 fully saturated rings. The molecule has 14 heavy (non-hydrogen) atoms. The second-order valence-electron chi connectivity index (χ2n) is 2.63. The molecule has 0 aromatic carbocycles. The van der Waals surface area contributed by atoms with E-state index in [1.165, 1.54) is 18.5 Å². The highest BCUT2D eigenvalue weighted by Crippen LogP contribution is 2.26. The third-order valence-electron chi connectivity index (χ3n) is 1.67. The normalized spacial score (nSPS) is 10.1. The number of aromatic nitrogens is 3. The van der Waals surface area contributed by atoms with E-state index >= 15 is 0 Å². The molecule has 0 bridgehead atoms. The molecule has 2 aromatic rings. The Hall–Kier alpha value is -1.68. The second kappa shape index (κ2) is 3.59. The predicted octanol–water partition coefficient (Wildman–Crippen LogP) is 1.90. The molecule has 0 saturated carbocycles. The molecule has 0 amide bonds. The maximum atomic E-state index is 9.51. The molecule has 0 aliphatic heterocycles. The van der Waals surface area contributed by atoms with Crippen LogP contribution in [0.5, 0.6) is 5.75 Å². The molecule has 1 N–H and O–H groups in total. The van der Waals surface area contributed by atoms with Crippen LogP contribution in [-0.4, -0.2) is 20.1 Å². The number of halogens is 1. The van der Waals surface area contributed by atoms with E-state index in [9.17, 15) is 5.11 Å². The summed E-state index contributed by atoms with van der Waals surface area (Å²) in [5, 5.41) is 9.83. The van der Waals surface area contributed by atoms with Crippen LogP contribution in [0.15, 0.2) is 30.9 Å². The lowest BCUT2D eigenvalue weighted by molar-refractivity contribution is 0.475. The number of hydrogen-bond donors (Lipinski definition) is 1. The first kappa shape index (κ1) is 8.90. The van der Waals surface area contributed by atoms with Crippen molar-refractivity contribution in [3.05, 3.63) is 36.0 Å². The van der Waals surface area contributed by atoms with Crippen LogP contribution < -0.4 is 0 Å². The third kappa shape index (κ3) is 1.65. The van der Waals surface area contributed by atoms with Crippen LogP contribution >= 0.6 is 11.6 Å². The van der Waals surface area contributed by atoms with Crippen molar-refractivity contribution in [2.75, 3.05) is 0 Å². The molecule has 5 heteroatoms. The topological polar surface area (TPSA) is 58.9 Å². The molecule has 0 spiro atoms. The van der Waals surface area contributed by atoms with Crippen molar-refractivity contribution >= 4 is 11.6 Å². The molecule has 2 heterocycles. The zero-order chi connectivity index (χ0) is 9.97. The number of nitrogens with zero attached hydrogens (tertiary/aromatic N) is 3. The Morgan fingerprint density at radius 1 is 1.14 bits per heavy atom. The zero-order valence-corrected chi connectivity index (χ0v) is 7.81. The summed E-state index contributed by atoms with van der Waals surface area (Å²) in [6.45, 7) is 0. The molecule has 70 valence electrons. The Balaban J connectivity index is 2.57. The smallest absolute Gasteiger partial charge is 0.142 e. The Kier molecular flexibility index (Phi) is 2.28. The standard InChI is InChI=1S/C9H6ClN3O/c10-8-2-1-7(14)9(13-8)6-3-11-5-12-4-6/h1-5,14H. The van der Waals surface area contributed by atoms with Gasteiger partial charge in [0, 0.05) is 18.0 Å². The maximum Gasteiger partial charge on any atom is 0.142 e. The minimum Gasteiger partial charge on any atom is -0.506 e. The van der Waals surface area contributed by atoms with Gasteiger partial charge in [0.05, 0.1) is 0 Å². The van der Waals surface area contributed by atoms with Crippen LogP contribution in [0.2, 0.25) is 5.15 Å². The lowest BCUT2D eigenvalue weighted by Crippen LogP contribution is -1.87. The largest absolute Gasteiger partial charge is 0.506 e. The van der Waals surface area contributed by atoms with Gasteiger partial charge in [0.2, 0.25) is 0 Å². The molecule has 0 aliphatic carbocycles. The summed E-state index contributed by atoms with van der Waals surface area (Å²) in [4.78, 5) is 11.6. The second-order valence-corrected chi connectivity index (χ2v) is 3.02. The number of aromatic hydroxyl groups is 1. The maximum absolute atomic E-state index is 9.51. The number of hydrogen-bond acceptors (Lipinski definition) is 4. The highest BCUT2D eigenvalue weighted by molar-refractivity contribution is 6.29. The summed E-state index contributed by atoms with van der Waals surface area (Å²) < 4.78 is 0. The van der Waals surface area contributed by atoms with E-state index in [4.69, 9.17) is 11.6 Å². The fourth-order valence-electron chi connectivity index (χ4n) is 1.06. The van der Waals surface area contributed by atoms with Gasteiger partial charge in [0.25, 0.3) is 0 Å². The lowest BCUT2D eigenvalue weighted by atomic mass is 10.2. The molecule has 0 atom stereocenters. The average molecular weight is 208 g/mol. The monoisotopic (exact) mass is 207 g/mol. The van der Waals surface area contributed by atoms with Crippen molar-refractivity contribution < 1.29 is 5.11 Å². The van der Waals surface area contributed by atoms with Gasteiger partial charge in [-0.2, -0.15) is 0 Å². The van der Waals surface area contributed by atoms with Crippen LogP contribution in [-0.2, 0) is 0 Å². The minimum atomic E-state index is 0.0594. The zero-order valence-electron chi connectivity index (χ0n) is 7.05. The van der Waals surface area contributed by atoms with Gasteiger partial charge >= 0.3 is 0 Å². The summed E-state index contributed by atoms with van der Waals surface area (Å²) in [5.74, 6) is 0.0594. The van der Waals surface area contributed by atoms with Gasteiger partial charge in [-0.05, 0) is 12.1 Å². The molecule has 0 saturated heterocycles. The summed E-state index contributed by atoms with van der Waals surface area (Å²) in [6.07, 6.45) is 4.53. The summed E-state index contributed by atoms with van der Waals surface area (Å²) in [7, 11) is 0. The summed E-state index contributed by atoms with van der Waals surface area (Å²) >= 11 is 5.70. The molecule has 0 aliphatic rings. The number of rotatable bonds is 1. The summed E-state index contributed by atoms with van der Waals surface area (Å²) in [6, 6.07) is 3.00. The van der Waals surface area contributed by atoms with Crippen molar-refractivity contribution in [2.24, 2.45) is 0 Å². The molecule has 2 rings (SSSR count). The van der Waals surface area contributed by atoms with E-state index in [-0.39, 0.29) is 5.75 Å². The van der Waals surface area contributed by atoms with E-state index in [1.54, 1.807) is 12.4 Å². The first-order chi connectivity index (χ1) is 6.77. The van der Waals surface area contributed by atoms with Crippen molar-refractivity contribution in [1.29, 1.82) is 0 Å². The molecule has 4 nitrogen and oxygen atoms in total. The SMILES string of the molecule is Oc1ccc(Cl)nc1-c1cncnc1. The van der Waals surface area contributed by atoms with Gasteiger partial charge in [0.1, 0.15) is 22.9 Å². The molecule has 0 radical (unpaired) electrons. The molecule has 0 unspecified atom stereocenters. The first-order valence-electron chi connectivity index (χ1n) is 3.88. The Bertz CT molecular complexity index is 447. The Labute approximate surface area is 85.2 Å². The molecule has 2 aromatic heterocycles. The van der Waals surface area contributed by atoms with Crippen molar-refractivity contribution in [2.45, 2.75) is 0 Å². The van der Waals surface area contributed by atoms with Crippen LogP contribution in [0.1, 0.15) is 0 Å². The summed E-state index contributed by atoms with van der Waals surface area (Å²) in [5.41, 5.74) is 1.02. The van der Waals surface area contributed by atoms with Gasteiger partial charge in [0.15, 0.2) is 0 Å². The third-order valence-corrected chi connectivity index (χ3v) is 1.88. The van der Waals surface area contributed by atoms with Crippen LogP contribution in [0.25, 0.3) is 11.3 Å². The van der Waals surface area contributed by atoms with E-state index in [1.807, 2.05) is 0 Å². The fraction of sp³-hybridized carbons (Fsp3) is 0. The van der Waals surface area contributed by atoms with Crippen molar-refractivity contribution in [3.8, 4) is 17.0 Å². The van der Waals surface area contributed by atoms with Gasteiger partial charge < -0.3 is 5.11 Å². The van der Waals surface area contributed by atoms with E-state index in [0.29, 0.717) is 16.4 Å². The van der Waals surface area contributed by atoms with Crippen molar-refractivity contribution in [1.82, 2.24) is 15.0 Å². The number of pyridine rings is 1. The van der Waals surface area contributed by atoms with E-state index < -0.39 is 0 Å². The minimum absolute atomic E-state index is 0.0594. The van der Waals surface area contributed by atoms with Crippen LogP contribution in [0.4, 0.5) is 0 Å². The Morgan fingerprint density at radius 2 is 1.86 bits per heavy atom. The van der Waals surface area contributed by atoms with E-state index in [0.717, 1.165) is 0 Å². The van der Waals surface area contributed by atoms with Crippen LogP contribution in [0, 0.1) is 0 Å². The van der Waals surface area contributed by atoms with Gasteiger partial charge in [-0.25, -0.2) is 15.0 Å². The average Bonchev–Trinajstić information content (AvgIpc) is 2.23. The predicted molar refractivity (Wildman–Crippen MR) is 51.9 cm³/mol. The van der Waals surface area contributed by atoms with Gasteiger partial charge in [-0.3, -0.25) is 0 Å². The lowest BCUT2D eigenvalue weighted by Gasteiger charge is -2.02. The van der Waals surface area contributed by atoms with Crippen molar-refractivity contribution in [3.63, 3.8) is 0 Å². The highest BCUT2D eigenvalue weighted by atomic mass is 35.5. The van der Waals surface area contributed by atoms with Crippen LogP contribution in [0.3, 0.4) is 0 Å². The van der Waals surface area contributed by atoms with Gasteiger partial charge in [-0.15, -0.1) is 0 Å². The van der Waals surface area contributed by atoms with Gasteiger partial charge in [-0.1, -0.05) is 11.6 Å². The van der Waals surface area contributed by atoms with E-state index in [2.05, 4.69) is 15.0 Å². The first-order valence-corrected chi connectivity index (χ1v) is 4.26.